The van der Waals surface area contributed by atoms with Crippen molar-refractivity contribution in [2.45, 2.75) is 13.5 Å². The van der Waals surface area contributed by atoms with Gasteiger partial charge in [-0.05, 0) is 31.2 Å². The topological polar surface area (TPSA) is 78.1 Å². The van der Waals surface area contributed by atoms with Crippen LogP contribution in [0.5, 0.6) is 5.75 Å². The van der Waals surface area contributed by atoms with Gasteiger partial charge in [-0.3, -0.25) is 4.79 Å². The summed E-state index contributed by atoms with van der Waals surface area (Å²) in [7, 11) is 0. The van der Waals surface area contributed by atoms with Crippen molar-refractivity contribution in [3.05, 3.63) is 48.2 Å². The number of Topliss-reactive ketones (excluding diaryl/α,β-unsaturated/α-hetero) is 1. The third kappa shape index (κ3) is 3.01. The molecule has 3 rings (SSSR count). The summed E-state index contributed by atoms with van der Waals surface area (Å²) >= 11 is 0. The number of benzene rings is 1. The van der Waals surface area contributed by atoms with E-state index >= 15 is 0 Å². The predicted octanol–water partition coefficient (Wildman–Crippen LogP) is 3.68. The molecule has 0 saturated carbocycles. The van der Waals surface area contributed by atoms with E-state index in [0.29, 0.717) is 27.7 Å². The summed E-state index contributed by atoms with van der Waals surface area (Å²) in [6.07, 6.45) is 1.42. The number of hydrogen-bond acceptors (Lipinski definition) is 5. The second-order valence-electron chi connectivity index (χ2n) is 5.11. The highest BCUT2D eigenvalue weighted by Crippen LogP contribution is 2.28. The molecule has 0 atom stereocenters. The van der Waals surface area contributed by atoms with Gasteiger partial charge in [0.2, 0.25) is 0 Å². The summed E-state index contributed by atoms with van der Waals surface area (Å²) in [5.41, 5.74) is 7.77. The zero-order valence-electron chi connectivity index (χ0n) is 12.7. The number of carbonyl (C=O) groups excluding carboxylic acids is 1. The minimum atomic E-state index is -2.90. The van der Waals surface area contributed by atoms with Crippen LogP contribution in [0.25, 0.3) is 22.2 Å². The van der Waals surface area contributed by atoms with Crippen LogP contribution < -0.4 is 10.5 Å². The first-order chi connectivity index (χ1) is 11.5. The van der Waals surface area contributed by atoms with E-state index in [1.54, 1.807) is 24.3 Å². The van der Waals surface area contributed by atoms with Gasteiger partial charge in [0.05, 0.1) is 5.69 Å². The number of nitrogen functional groups attached to an aromatic ring is 1. The molecule has 5 nitrogen and oxygen atoms in total. The molecule has 0 fully saturated rings. The molecule has 0 bridgehead atoms. The lowest BCUT2D eigenvalue weighted by Gasteiger charge is -2.09. The first kappa shape index (κ1) is 15.8. The molecule has 0 aliphatic carbocycles. The SMILES string of the molecule is CC(=O)c1cnc(N)c2nc(-c3cccc(OC(F)F)c3)ccc12. The molecule has 24 heavy (non-hydrogen) atoms. The molecule has 0 spiro atoms. The van der Waals surface area contributed by atoms with E-state index in [0.717, 1.165) is 0 Å². The van der Waals surface area contributed by atoms with E-state index in [1.807, 2.05) is 0 Å². The number of rotatable bonds is 4. The molecule has 0 aliphatic rings. The number of hydrogen-bond donors (Lipinski definition) is 1. The number of alkyl halides is 2. The third-order valence-electron chi connectivity index (χ3n) is 3.50. The lowest BCUT2D eigenvalue weighted by atomic mass is 10.1. The second kappa shape index (κ2) is 6.19. The number of ether oxygens (including phenoxy) is 1. The van der Waals surface area contributed by atoms with Crippen LogP contribution in [0, 0.1) is 0 Å². The van der Waals surface area contributed by atoms with Crippen LogP contribution in [-0.4, -0.2) is 22.4 Å². The van der Waals surface area contributed by atoms with Crippen molar-refractivity contribution in [2.24, 2.45) is 0 Å². The molecular weight excluding hydrogens is 316 g/mol. The number of fused-ring (bicyclic) bond motifs is 1. The number of aromatic nitrogens is 2. The molecule has 0 saturated heterocycles. The zero-order valence-corrected chi connectivity index (χ0v) is 12.7. The smallest absolute Gasteiger partial charge is 0.387 e. The summed E-state index contributed by atoms with van der Waals surface area (Å²) in [6.45, 7) is -1.46. The molecule has 2 heterocycles. The molecule has 0 amide bonds. The van der Waals surface area contributed by atoms with Crippen molar-refractivity contribution in [1.82, 2.24) is 9.97 Å². The Balaban J connectivity index is 2.12. The third-order valence-corrected chi connectivity index (χ3v) is 3.50. The van der Waals surface area contributed by atoms with Gasteiger partial charge in [-0.1, -0.05) is 12.1 Å². The first-order valence-electron chi connectivity index (χ1n) is 7.07. The van der Waals surface area contributed by atoms with Gasteiger partial charge in [-0.15, -0.1) is 0 Å². The van der Waals surface area contributed by atoms with Crippen LogP contribution >= 0.6 is 0 Å². The number of nitrogens with two attached hydrogens (primary N) is 1. The van der Waals surface area contributed by atoms with E-state index in [-0.39, 0.29) is 17.4 Å². The molecule has 2 N–H and O–H groups in total. The van der Waals surface area contributed by atoms with E-state index in [2.05, 4.69) is 14.7 Å². The van der Waals surface area contributed by atoms with E-state index in [9.17, 15) is 13.6 Å². The maximum absolute atomic E-state index is 12.3. The molecule has 0 aliphatic heterocycles. The Bertz CT molecular complexity index is 929. The monoisotopic (exact) mass is 329 g/mol. The normalized spacial score (nSPS) is 11.0. The maximum atomic E-state index is 12.3. The van der Waals surface area contributed by atoms with Gasteiger partial charge in [-0.2, -0.15) is 8.78 Å². The van der Waals surface area contributed by atoms with Gasteiger partial charge in [-0.25, -0.2) is 9.97 Å². The van der Waals surface area contributed by atoms with Crippen molar-refractivity contribution in [1.29, 1.82) is 0 Å². The molecular formula is C17H13F2N3O2. The fourth-order valence-corrected chi connectivity index (χ4v) is 2.41. The minimum absolute atomic E-state index is 0.0352. The summed E-state index contributed by atoms with van der Waals surface area (Å²) in [5.74, 6) is 0.0826. The number of nitrogens with zero attached hydrogens (tertiary/aromatic N) is 2. The predicted molar refractivity (Wildman–Crippen MR) is 86.0 cm³/mol. The van der Waals surface area contributed by atoms with Crippen LogP contribution in [0.15, 0.2) is 42.6 Å². The minimum Gasteiger partial charge on any atom is -0.435 e. The largest absolute Gasteiger partial charge is 0.435 e. The molecule has 0 radical (unpaired) electrons. The lowest BCUT2D eigenvalue weighted by Crippen LogP contribution is -2.02. The summed E-state index contributed by atoms with van der Waals surface area (Å²) < 4.78 is 29.1. The van der Waals surface area contributed by atoms with E-state index in [1.165, 1.54) is 25.3 Å². The van der Waals surface area contributed by atoms with Gasteiger partial charge in [0.1, 0.15) is 17.1 Å². The quantitative estimate of drug-likeness (QED) is 0.739. The van der Waals surface area contributed by atoms with E-state index < -0.39 is 6.61 Å². The average Bonchev–Trinajstić information content (AvgIpc) is 2.54. The highest BCUT2D eigenvalue weighted by Gasteiger charge is 2.12. The van der Waals surface area contributed by atoms with Crippen molar-refractivity contribution < 1.29 is 18.3 Å². The Hall–Kier alpha value is -3.09. The molecule has 1 aromatic carbocycles. The van der Waals surface area contributed by atoms with Crippen LogP contribution in [0.4, 0.5) is 14.6 Å². The Labute approximate surface area is 136 Å². The van der Waals surface area contributed by atoms with Crippen molar-refractivity contribution in [2.75, 3.05) is 5.73 Å². The Morgan fingerprint density at radius 1 is 1.25 bits per heavy atom. The van der Waals surface area contributed by atoms with Crippen LogP contribution in [0.1, 0.15) is 17.3 Å². The molecule has 3 aromatic rings. The lowest BCUT2D eigenvalue weighted by molar-refractivity contribution is -0.0498. The fourth-order valence-electron chi connectivity index (χ4n) is 2.41. The summed E-state index contributed by atoms with van der Waals surface area (Å²) in [4.78, 5) is 20.1. The maximum Gasteiger partial charge on any atom is 0.387 e. The van der Waals surface area contributed by atoms with Crippen molar-refractivity contribution >= 4 is 22.5 Å². The van der Waals surface area contributed by atoms with Gasteiger partial charge >= 0.3 is 6.61 Å². The highest BCUT2D eigenvalue weighted by atomic mass is 19.3. The number of halogens is 2. The van der Waals surface area contributed by atoms with Crippen molar-refractivity contribution in [3.63, 3.8) is 0 Å². The number of ketones is 1. The van der Waals surface area contributed by atoms with Gasteiger partial charge in [0, 0.05) is 22.7 Å². The Kier molecular flexibility index (Phi) is 4.07. The first-order valence-corrected chi connectivity index (χ1v) is 7.07. The summed E-state index contributed by atoms with van der Waals surface area (Å²) in [5, 5.41) is 0.596. The highest BCUT2D eigenvalue weighted by molar-refractivity contribution is 6.08. The van der Waals surface area contributed by atoms with Gasteiger partial charge < -0.3 is 10.5 Å². The van der Waals surface area contributed by atoms with Gasteiger partial charge in [0.15, 0.2) is 5.78 Å². The average molecular weight is 329 g/mol. The summed E-state index contributed by atoms with van der Waals surface area (Å²) in [6, 6.07) is 9.60. The van der Waals surface area contributed by atoms with Crippen LogP contribution in [0.2, 0.25) is 0 Å². The molecule has 7 heteroatoms. The van der Waals surface area contributed by atoms with Crippen LogP contribution in [-0.2, 0) is 0 Å². The van der Waals surface area contributed by atoms with Crippen LogP contribution in [0.3, 0.4) is 0 Å². The standard InChI is InChI=1S/C17H13F2N3O2/c1-9(23)13-8-21-16(20)15-12(13)5-6-14(22-15)10-3-2-4-11(7-10)24-17(18)19/h2-8,17H,1H3,(H2,20,21). The second-order valence-corrected chi connectivity index (χ2v) is 5.11. The number of carbonyl (C=O) groups is 1. The molecule has 0 unspecified atom stereocenters. The fraction of sp³-hybridized carbons (Fsp3) is 0.118. The van der Waals surface area contributed by atoms with Crippen molar-refractivity contribution in [3.8, 4) is 17.0 Å². The van der Waals surface area contributed by atoms with Gasteiger partial charge in [0.25, 0.3) is 0 Å². The molecule has 122 valence electrons. The number of anilines is 1. The Morgan fingerprint density at radius 2 is 2.04 bits per heavy atom. The number of pyridine rings is 2. The Morgan fingerprint density at radius 3 is 2.75 bits per heavy atom. The van der Waals surface area contributed by atoms with E-state index in [4.69, 9.17) is 5.73 Å². The molecule has 2 aromatic heterocycles. The zero-order chi connectivity index (χ0) is 17.3.